The lowest BCUT2D eigenvalue weighted by molar-refractivity contribution is -0.146. The van der Waals surface area contributed by atoms with Crippen LogP contribution in [0.5, 0.6) is 0 Å². The van der Waals surface area contributed by atoms with Gasteiger partial charge in [-0.25, -0.2) is 4.39 Å². The van der Waals surface area contributed by atoms with E-state index < -0.39 is 30.4 Å². The van der Waals surface area contributed by atoms with Crippen LogP contribution < -0.4 is 11.5 Å². The average molecular weight is 178 g/mol. The Bertz CT molecular complexity index is 197. The Balaban J connectivity index is 4.34. The lowest BCUT2D eigenvalue weighted by atomic mass is 9.96. The molecular weight excluding hydrogens is 167 g/mol. The Morgan fingerprint density at radius 1 is 1.50 bits per heavy atom. The number of halogens is 1. The van der Waals surface area contributed by atoms with Gasteiger partial charge < -0.3 is 16.6 Å². The van der Waals surface area contributed by atoms with Crippen LogP contribution in [-0.2, 0) is 9.59 Å². The van der Waals surface area contributed by atoms with Gasteiger partial charge in [0, 0.05) is 6.42 Å². The molecule has 0 aromatic rings. The van der Waals surface area contributed by atoms with Gasteiger partial charge >= 0.3 is 5.97 Å². The molecule has 1 atom stereocenters. The van der Waals surface area contributed by atoms with Crippen LogP contribution in [-0.4, -0.2) is 35.6 Å². The summed E-state index contributed by atoms with van der Waals surface area (Å²) >= 11 is 0. The number of carboxylic acid groups (broad SMARTS) is 1. The van der Waals surface area contributed by atoms with Gasteiger partial charge in [0.05, 0.1) is 6.54 Å². The molecule has 12 heavy (non-hydrogen) atoms. The number of rotatable bonds is 5. The zero-order valence-corrected chi connectivity index (χ0v) is 6.42. The molecule has 0 bridgehead atoms. The number of carbonyl (C=O) groups excluding carboxylic acids is 1. The number of hydrogen-bond acceptors (Lipinski definition) is 4. The van der Waals surface area contributed by atoms with E-state index in [0.29, 0.717) is 0 Å². The molecule has 0 aromatic carbocycles. The molecule has 0 rings (SSSR count). The van der Waals surface area contributed by atoms with Gasteiger partial charge in [-0.2, -0.15) is 0 Å². The van der Waals surface area contributed by atoms with Crippen LogP contribution >= 0.6 is 0 Å². The molecule has 5 nitrogen and oxygen atoms in total. The Kier molecular flexibility index (Phi) is 3.78. The normalized spacial score (nSPS) is 15.2. The van der Waals surface area contributed by atoms with Crippen LogP contribution in [0.15, 0.2) is 0 Å². The Morgan fingerprint density at radius 3 is 2.25 bits per heavy atom. The second-order valence-corrected chi connectivity index (χ2v) is 2.51. The molecule has 0 aliphatic carbocycles. The predicted molar refractivity (Wildman–Crippen MR) is 39.2 cm³/mol. The summed E-state index contributed by atoms with van der Waals surface area (Å²) < 4.78 is 12.1. The van der Waals surface area contributed by atoms with Gasteiger partial charge in [0.15, 0.2) is 0 Å². The number of carboxylic acids is 1. The lowest BCUT2D eigenvalue weighted by Gasteiger charge is -2.19. The quantitative estimate of drug-likeness (QED) is 0.483. The molecule has 0 amide bonds. The summed E-state index contributed by atoms with van der Waals surface area (Å²) in [6.45, 7) is -1.61. The molecule has 6 heteroatoms. The van der Waals surface area contributed by atoms with Gasteiger partial charge in [0.1, 0.15) is 18.0 Å². The molecule has 0 spiro atoms. The van der Waals surface area contributed by atoms with Crippen LogP contribution in [0.25, 0.3) is 0 Å². The minimum absolute atomic E-state index is 0.327. The van der Waals surface area contributed by atoms with Crippen LogP contribution in [0.3, 0.4) is 0 Å². The summed E-state index contributed by atoms with van der Waals surface area (Å²) in [5.41, 5.74) is 7.86. The van der Waals surface area contributed by atoms with Crippen LogP contribution in [0, 0.1) is 0 Å². The highest BCUT2D eigenvalue weighted by Crippen LogP contribution is 2.08. The van der Waals surface area contributed by atoms with Gasteiger partial charge in [-0.15, -0.1) is 0 Å². The number of carbonyl (C=O) groups is 2. The number of ketones is 1. The molecule has 0 radical (unpaired) electrons. The maximum Gasteiger partial charge on any atom is 0.326 e. The number of hydrogen-bond donors (Lipinski definition) is 3. The summed E-state index contributed by atoms with van der Waals surface area (Å²) in [5, 5.41) is 8.42. The molecule has 0 fully saturated rings. The van der Waals surface area contributed by atoms with Crippen molar-refractivity contribution in [1.82, 2.24) is 0 Å². The molecule has 5 N–H and O–H groups in total. The zero-order chi connectivity index (χ0) is 9.78. The van der Waals surface area contributed by atoms with Gasteiger partial charge in [0.2, 0.25) is 0 Å². The molecule has 0 saturated carbocycles. The van der Waals surface area contributed by atoms with E-state index in [4.69, 9.17) is 16.6 Å². The predicted octanol–water partition coefficient (Wildman–Crippen LogP) is -1.34. The van der Waals surface area contributed by atoms with E-state index in [1.807, 2.05) is 0 Å². The first-order chi connectivity index (χ1) is 5.46. The fourth-order valence-electron chi connectivity index (χ4n) is 0.604. The summed E-state index contributed by atoms with van der Waals surface area (Å²) in [5.74, 6) is -2.11. The largest absolute Gasteiger partial charge is 0.480 e. The van der Waals surface area contributed by atoms with E-state index in [1.165, 1.54) is 0 Å². The van der Waals surface area contributed by atoms with Crippen molar-refractivity contribution < 1.29 is 19.1 Å². The number of Topliss-reactive ketones (excluding diaryl/α,β-unsaturated/α-hetero) is 1. The third kappa shape index (κ3) is 2.55. The van der Waals surface area contributed by atoms with Crippen LogP contribution in [0.4, 0.5) is 4.39 Å². The fourth-order valence-corrected chi connectivity index (χ4v) is 0.604. The number of nitrogens with two attached hydrogens (primary N) is 2. The first-order valence-electron chi connectivity index (χ1n) is 3.26. The van der Waals surface area contributed by atoms with E-state index in [1.54, 1.807) is 0 Å². The molecule has 0 aliphatic rings. The Hall–Kier alpha value is -1.01. The van der Waals surface area contributed by atoms with E-state index in [9.17, 15) is 14.0 Å². The van der Waals surface area contributed by atoms with Crippen molar-refractivity contribution in [3.05, 3.63) is 0 Å². The summed E-state index contributed by atoms with van der Waals surface area (Å²) in [7, 11) is 0. The monoisotopic (exact) mass is 178 g/mol. The second kappa shape index (κ2) is 4.13. The minimum Gasteiger partial charge on any atom is -0.480 e. The maximum atomic E-state index is 12.1. The summed E-state index contributed by atoms with van der Waals surface area (Å²) in [4.78, 5) is 21.0. The molecule has 0 aliphatic heterocycles. The van der Waals surface area contributed by atoms with Crippen molar-refractivity contribution in [1.29, 1.82) is 0 Å². The summed E-state index contributed by atoms with van der Waals surface area (Å²) in [6, 6.07) is 0. The van der Waals surface area contributed by atoms with E-state index in [2.05, 4.69) is 0 Å². The molecule has 0 aromatic heterocycles. The lowest BCUT2D eigenvalue weighted by Crippen LogP contribution is -2.52. The van der Waals surface area contributed by atoms with Gasteiger partial charge in [0.25, 0.3) is 0 Å². The molecule has 0 saturated heterocycles. The highest BCUT2D eigenvalue weighted by atomic mass is 19.1. The Morgan fingerprint density at radius 2 is 2.00 bits per heavy atom. The van der Waals surface area contributed by atoms with Crippen molar-refractivity contribution in [2.45, 2.75) is 12.0 Å². The highest BCUT2D eigenvalue weighted by molar-refractivity contribution is 5.89. The van der Waals surface area contributed by atoms with Crippen LogP contribution in [0.2, 0.25) is 0 Å². The van der Waals surface area contributed by atoms with Crippen molar-refractivity contribution in [3.63, 3.8) is 0 Å². The van der Waals surface area contributed by atoms with Gasteiger partial charge in [-0.3, -0.25) is 9.59 Å². The van der Waals surface area contributed by atoms with E-state index >= 15 is 0 Å². The standard InChI is InChI=1S/C6H11FN2O3/c7-3-6(9,5(11)12)1-4(10)2-8/h1-3,8-9H2,(H,11,12)/t6-/m1/s1. The maximum absolute atomic E-state index is 12.1. The first kappa shape index (κ1) is 11.0. The fraction of sp³-hybridized carbons (Fsp3) is 0.667. The van der Waals surface area contributed by atoms with E-state index in [0.717, 1.165) is 0 Å². The molecular formula is C6H11FN2O3. The SMILES string of the molecule is NCC(=O)C[C@@](N)(CF)C(=O)O. The van der Waals surface area contributed by atoms with Gasteiger partial charge in [-0.05, 0) is 0 Å². The van der Waals surface area contributed by atoms with Crippen LogP contribution in [0.1, 0.15) is 6.42 Å². The van der Waals surface area contributed by atoms with Crippen molar-refractivity contribution in [2.75, 3.05) is 13.2 Å². The second-order valence-electron chi connectivity index (χ2n) is 2.51. The topological polar surface area (TPSA) is 106 Å². The Labute approximate surface area is 68.5 Å². The van der Waals surface area contributed by atoms with Crippen molar-refractivity contribution >= 4 is 11.8 Å². The number of aliphatic carboxylic acids is 1. The average Bonchev–Trinajstić information content (AvgIpc) is 2.03. The number of alkyl halides is 1. The third-order valence-electron chi connectivity index (χ3n) is 1.40. The third-order valence-corrected chi connectivity index (χ3v) is 1.40. The van der Waals surface area contributed by atoms with Crippen molar-refractivity contribution in [2.24, 2.45) is 11.5 Å². The highest BCUT2D eigenvalue weighted by Gasteiger charge is 2.36. The zero-order valence-electron chi connectivity index (χ0n) is 6.42. The smallest absolute Gasteiger partial charge is 0.326 e. The molecule has 70 valence electrons. The van der Waals surface area contributed by atoms with Crippen molar-refractivity contribution in [3.8, 4) is 0 Å². The first-order valence-corrected chi connectivity index (χ1v) is 3.26. The summed E-state index contributed by atoms with van der Waals surface area (Å²) in [6.07, 6.45) is -0.574. The minimum atomic E-state index is -2.11. The molecule has 0 heterocycles. The van der Waals surface area contributed by atoms with E-state index in [-0.39, 0.29) is 6.54 Å². The molecule has 0 unspecified atom stereocenters. The van der Waals surface area contributed by atoms with Gasteiger partial charge in [-0.1, -0.05) is 0 Å².